The van der Waals surface area contributed by atoms with Gasteiger partial charge in [0.2, 0.25) is 0 Å². The molecule has 0 bridgehead atoms. The van der Waals surface area contributed by atoms with Crippen LogP contribution in [0, 0.1) is 0 Å². The molecule has 1 aromatic heterocycles. The summed E-state index contributed by atoms with van der Waals surface area (Å²) < 4.78 is 2.50. The van der Waals surface area contributed by atoms with Crippen LogP contribution in [0.15, 0.2) is 30.3 Å². The Morgan fingerprint density at radius 2 is 2.05 bits per heavy atom. The highest BCUT2D eigenvalue weighted by Gasteiger charge is 2.18. The minimum atomic E-state index is 0.942. The first kappa shape index (κ1) is 14.3. The standard InChI is InChI=1S/C18H25N3/c1-2-7-18-20-16-14-19-12-11-17(16)21(18)13-6-10-15-8-4-3-5-9-15/h3-5,8-9,19H,2,6-7,10-14H2,1H3. The zero-order valence-corrected chi connectivity index (χ0v) is 12.9. The Hall–Kier alpha value is -1.61. The highest BCUT2D eigenvalue weighted by atomic mass is 15.1. The van der Waals surface area contributed by atoms with E-state index in [1.54, 1.807) is 0 Å². The van der Waals surface area contributed by atoms with Crippen LogP contribution in [-0.2, 0) is 32.4 Å². The molecule has 3 heteroatoms. The van der Waals surface area contributed by atoms with Gasteiger partial charge in [-0.25, -0.2) is 4.98 Å². The molecule has 0 unspecified atom stereocenters. The first-order valence-corrected chi connectivity index (χ1v) is 8.20. The van der Waals surface area contributed by atoms with Crippen molar-refractivity contribution in [3.8, 4) is 0 Å². The normalized spacial score (nSPS) is 14.1. The van der Waals surface area contributed by atoms with Gasteiger partial charge >= 0.3 is 0 Å². The number of aromatic nitrogens is 2. The third-order valence-corrected chi connectivity index (χ3v) is 4.23. The van der Waals surface area contributed by atoms with Gasteiger partial charge in [-0.1, -0.05) is 37.3 Å². The minimum absolute atomic E-state index is 0.942. The molecule has 0 atom stereocenters. The fourth-order valence-corrected chi connectivity index (χ4v) is 3.19. The van der Waals surface area contributed by atoms with Gasteiger partial charge in [-0.3, -0.25) is 0 Å². The van der Waals surface area contributed by atoms with E-state index in [-0.39, 0.29) is 0 Å². The van der Waals surface area contributed by atoms with E-state index in [2.05, 4.69) is 47.1 Å². The summed E-state index contributed by atoms with van der Waals surface area (Å²) in [6, 6.07) is 10.8. The lowest BCUT2D eigenvalue weighted by molar-refractivity contribution is 0.556. The van der Waals surface area contributed by atoms with Crippen molar-refractivity contribution in [1.82, 2.24) is 14.9 Å². The molecule has 3 nitrogen and oxygen atoms in total. The van der Waals surface area contributed by atoms with Crippen LogP contribution in [0.1, 0.15) is 42.5 Å². The average Bonchev–Trinajstić information content (AvgIpc) is 2.87. The topological polar surface area (TPSA) is 29.9 Å². The monoisotopic (exact) mass is 283 g/mol. The summed E-state index contributed by atoms with van der Waals surface area (Å²) in [5.74, 6) is 1.29. The summed E-state index contributed by atoms with van der Waals surface area (Å²) in [5.41, 5.74) is 4.19. The first-order valence-electron chi connectivity index (χ1n) is 8.20. The quantitative estimate of drug-likeness (QED) is 0.883. The van der Waals surface area contributed by atoms with Crippen molar-refractivity contribution in [3.63, 3.8) is 0 Å². The number of imidazole rings is 1. The molecule has 0 saturated carbocycles. The molecule has 0 aliphatic carbocycles. The van der Waals surface area contributed by atoms with Crippen LogP contribution in [0.4, 0.5) is 0 Å². The Balaban J connectivity index is 1.70. The highest BCUT2D eigenvalue weighted by Crippen LogP contribution is 2.18. The Morgan fingerprint density at radius 1 is 1.19 bits per heavy atom. The summed E-state index contributed by atoms with van der Waals surface area (Å²) in [5, 5.41) is 3.43. The summed E-state index contributed by atoms with van der Waals surface area (Å²) in [4.78, 5) is 4.87. The molecule has 0 saturated heterocycles. The third kappa shape index (κ3) is 3.35. The third-order valence-electron chi connectivity index (χ3n) is 4.23. The summed E-state index contributed by atoms with van der Waals surface area (Å²) in [7, 11) is 0. The molecule has 2 heterocycles. The highest BCUT2D eigenvalue weighted by molar-refractivity contribution is 5.21. The number of hydrogen-bond donors (Lipinski definition) is 1. The van der Waals surface area contributed by atoms with Crippen LogP contribution in [-0.4, -0.2) is 16.1 Å². The van der Waals surface area contributed by atoms with Gasteiger partial charge in [0.1, 0.15) is 5.82 Å². The van der Waals surface area contributed by atoms with Crippen molar-refractivity contribution >= 4 is 0 Å². The largest absolute Gasteiger partial charge is 0.332 e. The van der Waals surface area contributed by atoms with Gasteiger partial charge in [-0.05, 0) is 24.8 Å². The Bertz CT molecular complexity index is 572. The van der Waals surface area contributed by atoms with Crippen LogP contribution in [0.5, 0.6) is 0 Å². The van der Waals surface area contributed by atoms with Gasteiger partial charge in [0.25, 0.3) is 0 Å². The van der Waals surface area contributed by atoms with Crippen molar-refractivity contribution in [2.75, 3.05) is 6.54 Å². The number of rotatable bonds is 6. The molecule has 2 aromatic rings. The second-order valence-corrected chi connectivity index (χ2v) is 5.84. The van der Waals surface area contributed by atoms with Crippen LogP contribution < -0.4 is 5.32 Å². The molecule has 3 rings (SSSR count). The fourth-order valence-electron chi connectivity index (χ4n) is 3.19. The van der Waals surface area contributed by atoms with Crippen molar-refractivity contribution in [2.24, 2.45) is 0 Å². The molecule has 0 amide bonds. The molecular formula is C18H25N3. The molecule has 1 N–H and O–H groups in total. The maximum Gasteiger partial charge on any atom is 0.109 e. The van der Waals surface area contributed by atoms with Gasteiger partial charge in [0.15, 0.2) is 0 Å². The average molecular weight is 283 g/mol. The number of nitrogens with zero attached hydrogens (tertiary/aromatic N) is 2. The van der Waals surface area contributed by atoms with E-state index in [1.807, 2.05) is 0 Å². The van der Waals surface area contributed by atoms with E-state index in [0.29, 0.717) is 0 Å². The van der Waals surface area contributed by atoms with E-state index >= 15 is 0 Å². The number of aryl methyl sites for hydroxylation is 2. The van der Waals surface area contributed by atoms with Gasteiger partial charge in [-0.2, -0.15) is 0 Å². The molecule has 1 aromatic carbocycles. The van der Waals surface area contributed by atoms with E-state index in [4.69, 9.17) is 4.98 Å². The second kappa shape index (κ2) is 6.90. The maximum atomic E-state index is 4.87. The lowest BCUT2D eigenvalue weighted by Crippen LogP contribution is -2.25. The van der Waals surface area contributed by atoms with Gasteiger partial charge in [-0.15, -0.1) is 0 Å². The SMILES string of the molecule is CCCc1nc2c(n1CCCc1ccccc1)CCNC2. The minimum Gasteiger partial charge on any atom is -0.332 e. The Morgan fingerprint density at radius 3 is 2.86 bits per heavy atom. The lowest BCUT2D eigenvalue weighted by Gasteiger charge is -2.16. The summed E-state index contributed by atoms with van der Waals surface area (Å²) >= 11 is 0. The Kier molecular flexibility index (Phi) is 4.71. The van der Waals surface area contributed by atoms with Gasteiger partial charge < -0.3 is 9.88 Å². The van der Waals surface area contributed by atoms with Crippen molar-refractivity contribution in [3.05, 3.63) is 53.1 Å². The zero-order chi connectivity index (χ0) is 14.5. The van der Waals surface area contributed by atoms with Crippen molar-refractivity contribution < 1.29 is 0 Å². The van der Waals surface area contributed by atoms with Crippen LogP contribution in [0.3, 0.4) is 0 Å². The smallest absolute Gasteiger partial charge is 0.109 e. The number of fused-ring (bicyclic) bond motifs is 1. The number of hydrogen-bond acceptors (Lipinski definition) is 2. The lowest BCUT2D eigenvalue weighted by atomic mass is 10.1. The fraction of sp³-hybridized carbons (Fsp3) is 0.500. The predicted octanol–water partition coefficient (Wildman–Crippen LogP) is 3.11. The van der Waals surface area contributed by atoms with Crippen molar-refractivity contribution in [2.45, 2.75) is 52.1 Å². The van der Waals surface area contributed by atoms with Crippen LogP contribution >= 0.6 is 0 Å². The molecule has 21 heavy (non-hydrogen) atoms. The molecule has 0 spiro atoms. The molecule has 1 aliphatic rings. The Labute approximate surface area is 127 Å². The van der Waals surface area contributed by atoms with E-state index in [1.165, 1.54) is 35.6 Å². The molecular weight excluding hydrogens is 258 g/mol. The summed E-state index contributed by atoms with van der Waals surface area (Å²) in [6.07, 6.45) is 5.73. The maximum absolute atomic E-state index is 4.87. The number of benzene rings is 1. The summed E-state index contributed by atoms with van der Waals surface area (Å²) in [6.45, 7) is 5.37. The van der Waals surface area contributed by atoms with E-state index < -0.39 is 0 Å². The second-order valence-electron chi connectivity index (χ2n) is 5.84. The van der Waals surface area contributed by atoms with E-state index in [0.717, 1.165) is 38.9 Å². The molecule has 1 aliphatic heterocycles. The number of nitrogens with one attached hydrogen (secondary N) is 1. The molecule has 0 radical (unpaired) electrons. The molecule has 0 fully saturated rings. The predicted molar refractivity (Wildman–Crippen MR) is 86.4 cm³/mol. The molecule has 112 valence electrons. The van der Waals surface area contributed by atoms with Gasteiger partial charge in [0.05, 0.1) is 5.69 Å². The van der Waals surface area contributed by atoms with Gasteiger partial charge in [0, 0.05) is 38.2 Å². The van der Waals surface area contributed by atoms with Crippen molar-refractivity contribution in [1.29, 1.82) is 0 Å². The zero-order valence-electron chi connectivity index (χ0n) is 12.9. The van der Waals surface area contributed by atoms with Crippen LogP contribution in [0.25, 0.3) is 0 Å². The van der Waals surface area contributed by atoms with E-state index in [9.17, 15) is 0 Å². The first-order chi connectivity index (χ1) is 10.4. The van der Waals surface area contributed by atoms with Crippen LogP contribution in [0.2, 0.25) is 0 Å².